The van der Waals surface area contributed by atoms with Crippen molar-refractivity contribution in [3.8, 4) is 0 Å². The standard InChI is InChI=1S/C17H24N2O4S/c1-11-4-5-13(6-12(11)2)17(20)19-8-15-14(7-18-24(3,21)22)10-23-16(15)9-19/h4-6,14-16,18H,7-10H2,1-3H3/t14-,15+,16+/m1/s1. The second-order valence-corrected chi connectivity index (χ2v) is 8.76. The number of rotatable bonds is 4. The molecule has 1 amide bonds. The van der Waals surface area contributed by atoms with Gasteiger partial charge in [-0.25, -0.2) is 13.1 Å². The summed E-state index contributed by atoms with van der Waals surface area (Å²) in [4.78, 5) is 14.5. The van der Waals surface area contributed by atoms with Crippen molar-refractivity contribution in [2.75, 3.05) is 32.5 Å². The zero-order valence-electron chi connectivity index (χ0n) is 14.3. The second-order valence-electron chi connectivity index (χ2n) is 6.93. The summed E-state index contributed by atoms with van der Waals surface area (Å²) in [5, 5.41) is 0. The van der Waals surface area contributed by atoms with Gasteiger partial charge in [0.1, 0.15) is 0 Å². The molecule has 1 N–H and O–H groups in total. The van der Waals surface area contributed by atoms with Crippen LogP contribution in [0, 0.1) is 25.7 Å². The number of carbonyl (C=O) groups is 1. The number of amides is 1. The molecule has 0 aliphatic carbocycles. The molecule has 3 atom stereocenters. The summed E-state index contributed by atoms with van der Waals surface area (Å²) in [6.07, 6.45) is 1.16. The van der Waals surface area contributed by atoms with E-state index < -0.39 is 10.0 Å². The second kappa shape index (κ2) is 6.46. The Morgan fingerprint density at radius 3 is 2.71 bits per heavy atom. The van der Waals surface area contributed by atoms with Crippen LogP contribution in [0.15, 0.2) is 18.2 Å². The van der Waals surface area contributed by atoms with Gasteiger partial charge in [0.15, 0.2) is 0 Å². The van der Waals surface area contributed by atoms with Gasteiger partial charge in [-0.15, -0.1) is 0 Å². The van der Waals surface area contributed by atoms with Gasteiger partial charge in [0.05, 0.1) is 19.0 Å². The molecule has 1 aromatic rings. The Balaban J connectivity index is 1.66. The predicted molar refractivity (Wildman–Crippen MR) is 91.4 cm³/mol. The number of sulfonamides is 1. The molecule has 0 saturated carbocycles. The van der Waals surface area contributed by atoms with Crippen molar-refractivity contribution in [3.63, 3.8) is 0 Å². The smallest absolute Gasteiger partial charge is 0.253 e. The molecule has 3 rings (SSSR count). The first kappa shape index (κ1) is 17.4. The largest absolute Gasteiger partial charge is 0.376 e. The molecule has 2 saturated heterocycles. The van der Waals surface area contributed by atoms with Gasteiger partial charge >= 0.3 is 0 Å². The maximum atomic E-state index is 12.7. The number of nitrogens with one attached hydrogen (secondary N) is 1. The number of likely N-dealkylation sites (tertiary alicyclic amines) is 1. The Morgan fingerprint density at radius 1 is 1.29 bits per heavy atom. The van der Waals surface area contributed by atoms with Crippen molar-refractivity contribution < 1.29 is 17.9 Å². The topological polar surface area (TPSA) is 75.7 Å². The Hall–Kier alpha value is -1.44. The molecule has 0 spiro atoms. The van der Waals surface area contributed by atoms with E-state index in [1.165, 1.54) is 5.56 Å². The number of carbonyl (C=O) groups excluding carboxylic acids is 1. The summed E-state index contributed by atoms with van der Waals surface area (Å²) in [6.45, 7) is 6.13. The minimum Gasteiger partial charge on any atom is -0.376 e. The fraction of sp³-hybridized carbons (Fsp3) is 0.588. The molecule has 2 aliphatic rings. The van der Waals surface area contributed by atoms with Crippen molar-refractivity contribution in [3.05, 3.63) is 34.9 Å². The summed E-state index contributed by atoms with van der Waals surface area (Å²) in [6, 6.07) is 5.76. The Labute approximate surface area is 143 Å². The van der Waals surface area contributed by atoms with Crippen molar-refractivity contribution in [2.45, 2.75) is 20.0 Å². The van der Waals surface area contributed by atoms with Crippen LogP contribution in [-0.4, -0.2) is 57.8 Å². The first-order valence-corrected chi connectivity index (χ1v) is 10.1. The molecule has 2 heterocycles. The molecule has 1 aromatic carbocycles. The average Bonchev–Trinajstić information content (AvgIpc) is 3.07. The van der Waals surface area contributed by atoms with Gasteiger partial charge in [-0.1, -0.05) is 6.07 Å². The number of hydrogen-bond acceptors (Lipinski definition) is 4. The van der Waals surface area contributed by atoms with Crippen LogP contribution in [-0.2, 0) is 14.8 Å². The number of fused-ring (bicyclic) bond motifs is 1. The van der Waals surface area contributed by atoms with Crippen LogP contribution in [0.3, 0.4) is 0 Å². The van der Waals surface area contributed by atoms with Crippen molar-refractivity contribution in [1.82, 2.24) is 9.62 Å². The maximum absolute atomic E-state index is 12.7. The summed E-state index contributed by atoms with van der Waals surface area (Å²) in [7, 11) is -3.21. The zero-order chi connectivity index (χ0) is 17.5. The third-order valence-corrected chi connectivity index (χ3v) is 5.78. The Morgan fingerprint density at radius 2 is 2.04 bits per heavy atom. The van der Waals surface area contributed by atoms with Crippen LogP contribution in [0.2, 0.25) is 0 Å². The van der Waals surface area contributed by atoms with E-state index in [4.69, 9.17) is 4.74 Å². The van der Waals surface area contributed by atoms with E-state index in [0.29, 0.717) is 31.8 Å². The molecule has 0 aromatic heterocycles. The highest BCUT2D eigenvalue weighted by atomic mass is 32.2. The Kier molecular flexibility index (Phi) is 4.68. The van der Waals surface area contributed by atoms with Crippen LogP contribution in [0.4, 0.5) is 0 Å². The number of benzene rings is 1. The zero-order valence-corrected chi connectivity index (χ0v) is 15.1. The molecule has 7 heteroatoms. The third-order valence-electron chi connectivity index (χ3n) is 5.09. The highest BCUT2D eigenvalue weighted by molar-refractivity contribution is 7.88. The Bertz CT molecular complexity index is 747. The third kappa shape index (κ3) is 3.63. The van der Waals surface area contributed by atoms with Gasteiger partial charge in [0.25, 0.3) is 5.91 Å². The number of aryl methyl sites for hydroxylation is 2. The van der Waals surface area contributed by atoms with Crippen molar-refractivity contribution in [2.24, 2.45) is 11.8 Å². The van der Waals surface area contributed by atoms with Crippen LogP contribution >= 0.6 is 0 Å². The lowest BCUT2D eigenvalue weighted by Gasteiger charge is -2.20. The summed E-state index contributed by atoms with van der Waals surface area (Å²) >= 11 is 0. The minimum absolute atomic E-state index is 0.00635. The molecule has 2 aliphatic heterocycles. The number of ether oxygens (including phenoxy) is 1. The fourth-order valence-corrected chi connectivity index (χ4v) is 4.01. The van der Waals surface area contributed by atoms with Gasteiger partial charge in [-0.05, 0) is 37.1 Å². The monoisotopic (exact) mass is 352 g/mol. The van der Waals surface area contributed by atoms with Gasteiger partial charge < -0.3 is 9.64 Å². The fourth-order valence-electron chi connectivity index (χ4n) is 3.49. The lowest BCUT2D eigenvalue weighted by atomic mass is 9.93. The SMILES string of the molecule is Cc1ccc(C(=O)N2C[C@H]3[C@H](CNS(C)(=O)=O)CO[C@H]3C2)cc1C. The molecular formula is C17H24N2O4S. The van der Waals surface area contributed by atoms with Gasteiger partial charge in [0.2, 0.25) is 10.0 Å². The van der Waals surface area contributed by atoms with Gasteiger partial charge in [-0.2, -0.15) is 0 Å². The quantitative estimate of drug-likeness (QED) is 0.875. The van der Waals surface area contributed by atoms with Crippen molar-refractivity contribution >= 4 is 15.9 Å². The predicted octanol–water partition coefficient (Wildman–Crippen LogP) is 0.940. The summed E-state index contributed by atoms with van der Waals surface area (Å²) in [5.74, 6) is 0.322. The number of hydrogen-bond donors (Lipinski definition) is 1. The van der Waals surface area contributed by atoms with E-state index in [1.54, 1.807) is 0 Å². The molecule has 24 heavy (non-hydrogen) atoms. The number of nitrogens with zero attached hydrogens (tertiary/aromatic N) is 1. The van der Waals surface area contributed by atoms with Gasteiger partial charge in [0, 0.05) is 37.0 Å². The summed E-state index contributed by atoms with van der Waals surface area (Å²) in [5.41, 5.74) is 2.97. The van der Waals surface area contributed by atoms with E-state index in [1.807, 2.05) is 36.9 Å². The molecule has 0 unspecified atom stereocenters. The highest BCUT2D eigenvalue weighted by Crippen LogP contribution is 2.34. The average molecular weight is 352 g/mol. The molecule has 132 valence electrons. The van der Waals surface area contributed by atoms with E-state index in [0.717, 1.165) is 11.8 Å². The van der Waals surface area contributed by atoms with Crippen molar-refractivity contribution in [1.29, 1.82) is 0 Å². The molecule has 2 fully saturated rings. The molecular weight excluding hydrogens is 328 g/mol. The molecule has 0 radical (unpaired) electrons. The summed E-state index contributed by atoms with van der Waals surface area (Å²) < 4.78 is 30.9. The van der Waals surface area contributed by atoms with Crippen LogP contribution < -0.4 is 4.72 Å². The van der Waals surface area contributed by atoms with Crippen LogP contribution in [0.1, 0.15) is 21.5 Å². The first-order chi connectivity index (χ1) is 11.2. The van der Waals surface area contributed by atoms with Crippen LogP contribution in [0.5, 0.6) is 0 Å². The van der Waals surface area contributed by atoms with E-state index in [-0.39, 0.29) is 23.8 Å². The molecule has 0 bridgehead atoms. The van der Waals surface area contributed by atoms with E-state index >= 15 is 0 Å². The van der Waals surface area contributed by atoms with Gasteiger partial charge in [-0.3, -0.25) is 4.79 Å². The lowest BCUT2D eigenvalue weighted by molar-refractivity contribution is 0.0678. The lowest BCUT2D eigenvalue weighted by Crippen LogP contribution is -2.35. The van der Waals surface area contributed by atoms with Crippen LogP contribution in [0.25, 0.3) is 0 Å². The minimum atomic E-state index is -3.21. The highest BCUT2D eigenvalue weighted by Gasteiger charge is 2.45. The van der Waals surface area contributed by atoms with E-state index in [2.05, 4.69) is 4.72 Å². The normalized spacial score (nSPS) is 26.6. The first-order valence-electron chi connectivity index (χ1n) is 8.17. The maximum Gasteiger partial charge on any atom is 0.253 e. The molecule has 6 nitrogen and oxygen atoms in total. The van der Waals surface area contributed by atoms with E-state index in [9.17, 15) is 13.2 Å².